The lowest BCUT2D eigenvalue weighted by molar-refractivity contribution is -0.409. The Labute approximate surface area is 83.9 Å². The van der Waals surface area contributed by atoms with Gasteiger partial charge in [0.2, 0.25) is 6.29 Å². The lowest BCUT2D eigenvalue weighted by Gasteiger charge is -2.21. The zero-order valence-electron chi connectivity index (χ0n) is 9.07. The minimum absolute atomic E-state index is 0.475. The highest BCUT2D eigenvalue weighted by molar-refractivity contribution is 5.56. The first kappa shape index (κ1) is 13.2. The number of hydrogen-bond acceptors (Lipinski definition) is 4. The van der Waals surface area contributed by atoms with E-state index >= 15 is 0 Å². The zero-order valence-corrected chi connectivity index (χ0v) is 9.07. The van der Waals surface area contributed by atoms with Crippen molar-refractivity contribution in [2.45, 2.75) is 52.4 Å². The summed E-state index contributed by atoms with van der Waals surface area (Å²) in [4.78, 5) is 20.1. The second-order valence-corrected chi connectivity index (χ2v) is 3.89. The highest BCUT2D eigenvalue weighted by atomic mass is 17.2. The van der Waals surface area contributed by atoms with Crippen LogP contribution in [0.4, 0.5) is 4.79 Å². The lowest BCUT2D eigenvalue weighted by Crippen LogP contribution is -2.27. The van der Waals surface area contributed by atoms with Crippen LogP contribution >= 0.6 is 0 Å². The molecule has 0 aromatic carbocycles. The summed E-state index contributed by atoms with van der Waals surface area (Å²) >= 11 is 0. The average molecular weight is 206 g/mol. The van der Waals surface area contributed by atoms with Gasteiger partial charge in [-0.3, -0.25) is 0 Å². The summed E-state index contributed by atoms with van der Waals surface area (Å²) in [6.07, 6.45) is -0.980. The summed E-state index contributed by atoms with van der Waals surface area (Å²) in [7, 11) is 0. The van der Waals surface area contributed by atoms with Crippen LogP contribution in [0, 0.1) is 0 Å². The van der Waals surface area contributed by atoms with Crippen LogP contribution in [0.2, 0.25) is 0 Å². The quantitative estimate of drug-likeness (QED) is 0.324. The summed E-state index contributed by atoms with van der Waals surface area (Å²) in [6, 6.07) is 0. The maximum absolute atomic E-state index is 10.3. The van der Waals surface area contributed by atoms with Crippen molar-refractivity contribution in [3.8, 4) is 0 Å². The van der Waals surface area contributed by atoms with Crippen LogP contribution in [0.5, 0.6) is 0 Å². The van der Waals surface area contributed by atoms with Gasteiger partial charge in [0, 0.05) is 6.42 Å². The molecule has 0 amide bonds. The van der Waals surface area contributed by atoms with Gasteiger partial charge in [0.25, 0.3) is 0 Å². The van der Waals surface area contributed by atoms with Crippen molar-refractivity contribution in [2.75, 3.05) is 0 Å². The molecular weight excluding hydrogens is 188 g/mol. The first-order valence-corrected chi connectivity index (χ1v) is 4.59. The van der Waals surface area contributed by atoms with E-state index in [2.05, 4.69) is 4.74 Å². The minimum Gasteiger partial charge on any atom is -0.450 e. The van der Waals surface area contributed by atoms with Crippen LogP contribution < -0.4 is 0 Å². The normalized spacial score (nSPS) is 13.7. The second kappa shape index (κ2) is 5.82. The molecule has 0 aliphatic heterocycles. The lowest BCUT2D eigenvalue weighted by atomic mass is 10.2. The average Bonchev–Trinajstić information content (AvgIpc) is 1.98. The molecule has 14 heavy (non-hydrogen) atoms. The van der Waals surface area contributed by atoms with E-state index in [1.165, 1.54) is 0 Å². The van der Waals surface area contributed by atoms with E-state index in [4.69, 9.17) is 14.9 Å². The van der Waals surface area contributed by atoms with E-state index in [0.717, 1.165) is 6.42 Å². The Bertz CT molecular complexity index is 173. The van der Waals surface area contributed by atoms with Gasteiger partial charge >= 0.3 is 6.16 Å². The van der Waals surface area contributed by atoms with Gasteiger partial charge in [0.15, 0.2) is 0 Å². The summed E-state index contributed by atoms with van der Waals surface area (Å²) in [6.45, 7) is 7.31. The molecule has 84 valence electrons. The van der Waals surface area contributed by atoms with Crippen LogP contribution in [0.15, 0.2) is 0 Å². The smallest absolute Gasteiger partial charge is 0.450 e. The van der Waals surface area contributed by atoms with Crippen molar-refractivity contribution < 1.29 is 24.4 Å². The predicted octanol–water partition coefficient (Wildman–Crippen LogP) is 2.55. The molecule has 0 saturated carbocycles. The van der Waals surface area contributed by atoms with Crippen molar-refractivity contribution >= 4 is 6.16 Å². The Morgan fingerprint density at radius 3 is 2.36 bits per heavy atom. The molecule has 5 nitrogen and oxygen atoms in total. The van der Waals surface area contributed by atoms with Crippen molar-refractivity contribution in [1.82, 2.24) is 0 Å². The predicted molar refractivity (Wildman–Crippen MR) is 49.7 cm³/mol. The van der Waals surface area contributed by atoms with Gasteiger partial charge in [0.1, 0.15) is 0 Å². The van der Waals surface area contributed by atoms with Crippen LogP contribution in [-0.2, 0) is 14.5 Å². The Balaban J connectivity index is 3.90. The third-order valence-electron chi connectivity index (χ3n) is 1.16. The van der Waals surface area contributed by atoms with Crippen LogP contribution in [0.1, 0.15) is 40.5 Å². The number of carboxylic acid groups (broad SMARTS) is 1. The molecule has 0 heterocycles. The van der Waals surface area contributed by atoms with E-state index in [9.17, 15) is 4.79 Å². The molecule has 0 aliphatic carbocycles. The van der Waals surface area contributed by atoms with Gasteiger partial charge in [-0.25, -0.2) is 9.68 Å². The highest BCUT2D eigenvalue weighted by Crippen LogP contribution is 2.12. The standard InChI is InChI=1S/C9H18O5/c1-5-6-7(12-8(10)11)13-14-9(2,3)4/h7H,5-6H2,1-4H3,(H,10,11). The minimum atomic E-state index is -1.36. The van der Waals surface area contributed by atoms with E-state index in [0.29, 0.717) is 6.42 Å². The molecule has 0 aliphatic rings. The number of ether oxygens (including phenoxy) is 1. The molecule has 0 aromatic heterocycles. The third-order valence-corrected chi connectivity index (χ3v) is 1.16. The number of rotatable bonds is 5. The van der Waals surface area contributed by atoms with Gasteiger partial charge in [-0.15, -0.1) is 0 Å². The van der Waals surface area contributed by atoms with E-state index < -0.39 is 18.0 Å². The first-order valence-electron chi connectivity index (χ1n) is 4.59. The molecule has 5 heteroatoms. The van der Waals surface area contributed by atoms with Crippen molar-refractivity contribution in [3.05, 3.63) is 0 Å². The fourth-order valence-electron chi connectivity index (χ4n) is 0.673. The van der Waals surface area contributed by atoms with Crippen LogP contribution in [0.25, 0.3) is 0 Å². The Morgan fingerprint density at radius 2 is 2.00 bits per heavy atom. The number of carbonyl (C=O) groups is 1. The van der Waals surface area contributed by atoms with E-state index in [1.54, 1.807) is 20.8 Å². The molecule has 1 N–H and O–H groups in total. The molecule has 0 spiro atoms. The molecule has 0 bridgehead atoms. The molecule has 0 aromatic rings. The Kier molecular flexibility index (Phi) is 5.49. The van der Waals surface area contributed by atoms with Gasteiger partial charge in [0.05, 0.1) is 5.60 Å². The number of hydrogen-bond donors (Lipinski definition) is 1. The van der Waals surface area contributed by atoms with Crippen molar-refractivity contribution in [2.24, 2.45) is 0 Å². The topological polar surface area (TPSA) is 65.0 Å². The zero-order chi connectivity index (χ0) is 11.2. The first-order chi connectivity index (χ1) is 6.35. The van der Waals surface area contributed by atoms with Crippen LogP contribution in [0.3, 0.4) is 0 Å². The van der Waals surface area contributed by atoms with E-state index in [1.807, 2.05) is 6.92 Å². The maximum Gasteiger partial charge on any atom is 0.508 e. The Hall–Kier alpha value is -0.810. The Morgan fingerprint density at radius 1 is 1.43 bits per heavy atom. The van der Waals surface area contributed by atoms with Gasteiger partial charge in [-0.05, 0) is 20.8 Å². The third kappa shape index (κ3) is 7.82. The summed E-state index contributed by atoms with van der Waals surface area (Å²) in [5.41, 5.74) is -0.478. The van der Waals surface area contributed by atoms with Gasteiger partial charge in [-0.1, -0.05) is 13.3 Å². The van der Waals surface area contributed by atoms with Gasteiger partial charge in [-0.2, -0.15) is 4.89 Å². The fraction of sp³-hybridized carbons (Fsp3) is 0.889. The van der Waals surface area contributed by atoms with Crippen LogP contribution in [-0.4, -0.2) is 23.2 Å². The SMILES string of the molecule is CCCC(OOC(C)(C)C)OC(=O)O. The molecule has 0 radical (unpaired) electrons. The monoisotopic (exact) mass is 206 g/mol. The largest absolute Gasteiger partial charge is 0.508 e. The summed E-state index contributed by atoms with van der Waals surface area (Å²) in [5, 5.41) is 8.38. The summed E-state index contributed by atoms with van der Waals surface area (Å²) in [5.74, 6) is 0. The molecule has 1 atom stereocenters. The van der Waals surface area contributed by atoms with E-state index in [-0.39, 0.29) is 0 Å². The highest BCUT2D eigenvalue weighted by Gasteiger charge is 2.19. The van der Waals surface area contributed by atoms with Crippen molar-refractivity contribution in [3.63, 3.8) is 0 Å². The van der Waals surface area contributed by atoms with Crippen molar-refractivity contribution in [1.29, 1.82) is 0 Å². The maximum atomic E-state index is 10.3. The van der Waals surface area contributed by atoms with Gasteiger partial charge < -0.3 is 9.84 Å². The molecule has 0 rings (SSSR count). The molecule has 0 saturated heterocycles. The molecule has 1 unspecified atom stereocenters. The molecule has 0 fully saturated rings. The fourth-order valence-corrected chi connectivity index (χ4v) is 0.673. The molecular formula is C9H18O5. The second-order valence-electron chi connectivity index (χ2n) is 3.89. The summed E-state index contributed by atoms with van der Waals surface area (Å²) < 4.78 is 4.46.